The molecule has 1 aromatic heterocycles. The fourth-order valence-corrected chi connectivity index (χ4v) is 3.65. The smallest absolute Gasteiger partial charge is 0.417 e. The number of aromatic nitrogens is 1. The van der Waals surface area contributed by atoms with Crippen LogP contribution in [0, 0.1) is 11.3 Å². The number of carboxylic acids is 1. The van der Waals surface area contributed by atoms with Gasteiger partial charge in [0.15, 0.2) is 11.3 Å². The Morgan fingerprint density at radius 2 is 1.59 bits per heavy atom. The standard InChI is InChI=1S/C24H11F6N3O4/c25-23(26,27)16-4-2-1-3-12(16)13-9-19-15(8-17(13)24(28,29)30)20(33-37-19)21(34)32-18-6-5-11(10-31)7-14(18)22(35)36/h1-9H,(H,32,34)(H,35,36). The highest BCUT2D eigenvalue weighted by atomic mass is 19.4. The molecule has 0 aliphatic rings. The van der Waals surface area contributed by atoms with Crippen LogP contribution in [0.2, 0.25) is 0 Å². The van der Waals surface area contributed by atoms with Crippen molar-refractivity contribution in [1.29, 1.82) is 5.26 Å². The van der Waals surface area contributed by atoms with Crippen LogP contribution in [-0.2, 0) is 12.4 Å². The van der Waals surface area contributed by atoms with Crippen LogP contribution in [0.1, 0.15) is 37.5 Å². The third kappa shape index (κ3) is 4.81. The molecule has 4 aromatic rings. The molecule has 0 saturated heterocycles. The maximum absolute atomic E-state index is 14.0. The molecule has 1 heterocycles. The zero-order valence-electron chi connectivity index (χ0n) is 18.0. The largest absolute Gasteiger partial charge is 0.478 e. The van der Waals surface area contributed by atoms with Gasteiger partial charge in [0, 0.05) is 0 Å². The fraction of sp³-hybridized carbons (Fsp3) is 0.0833. The van der Waals surface area contributed by atoms with Gasteiger partial charge in [0.25, 0.3) is 5.91 Å². The van der Waals surface area contributed by atoms with E-state index in [2.05, 4.69) is 10.5 Å². The van der Waals surface area contributed by atoms with Crippen molar-refractivity contribution in [3.05, 3.63) is 82.5 Å². The third-order valence-corrected chi connectivity index (χ3v) is 5.28. The van der Waals surface area contributed by atoms with E-state index in [1.165, 1.54) is 6.07 Å². The van der Waals surface area contributed by atoms with Crippen LogP contribution in [-0.4, -0.2) is 22.1 Å². The molecule has 0 unspecified atom stereocenters. The number of amides is 1. The van der Waals surface area contributed by atoms with Crippen molar-refractivity contribution in [3.8, 4) is 17.2 Å². The quantitative estimate of drug-likeness (QED) is 0.304. The van der Waals surface area contributed by atoms with Crippen LogP contribution >= 0.6 is 0 Å². The van der Waals surface area contributed by atoms with Gasteiger partial charge in [-0.05, 0) is 47.5 Å². The van der Waals surface area contributed by atoms with Crippen molar-refractivity contribution in [3.63, 3.8) is 0 Å². The lowest BCUT2D eigenvalue weighted by molar-refractivity contribution is -0.139. The van der Waals surface area contributed by atoms with Gasteiger partial charge in [0.1, 0.15) is 0 Å². The summed E-state index contributed by atoms with van der Waals surface area (Å²) >= 11 is 0. The first-order valence-corrected chi connectivity index (χ1v) is 10.1. The minimum absolute atomic E-state index is 0.0243. The number of benzene rings is 3. The highest BCUT2D eigenvalue weighted by Crippen LogP contribution is 2.44. The Bertz CT molecular complexity index is 1600. The molecular weight excluding hydrogens is 508 g/mol. The van der Waals surface area contributed by atoms with Gasteiger partial charge in [-0.2, -0.15) is 31.6 Å². The fourth-order valence-electron chi connectivity index (χ4n) is 3.65. The summed E-state index contributed by atoms with van der Waals surface area (Å²) in [4.78, 5) is 24.3. The van der Waals surface area contributed by atoms with Gasteiger partial charge in [0.05, 0.1) is 39.4 Å². The average molecular weight is 519 g/mol. The number of hydrogen-bond donors (Lipinski definition) is 2. The maximum Gasteiger partial charge on any atom is 0.417 e. The molecule has 0 bridgehead atoms. The van der Waals surface area contributed by atoms with Crippen molar-refractivity contribution >= 4 is 28.5 Å². The number of aromatic carboxylic acids is 1. The Hall–Kier alpha value is -4.86. The van der Waals surface area contributed by atoms with E-state index in [1.54, 1.807) is 6.07 Å². The van der Waals surface area contributed by atoms with Gasteiger partial charge >= 0.3 is 18.3 Å². The van der Waals surface area contributed by atoms with Crippen molar-refractivity contribution in [1.82, 2.24) is 5.16 Å². The molecule has 7 nitrogen and oxygen atoms in total. The Labute approximate surface area is 202 Å². The molecule has 3 aromatic carbocycles. The average Bonchev–Trinajstić information content (AvgIpc) is 3.25. The number of fused-ring (bicyclic) bond motifs is 1. The second-order valence-electron chi connectivity index (χ2n) is 7.60. The number of rotatable bonds is 4. The summed E-state index contributed by atoms with van der Waals surface area (Å²) in [5.41, 5.74) is -6.23. The minimum Gasteiger partial charge on any atom is -0.478 e. The SMILES string of the molecule is N#Cc1ccc(NC(=O)c2noc3cc(-c4ccccc4C(F)(F)F)c(C(F)(F)F)cc23)c(C(=O)O)c1. The van der Waals surface area contributed by atoms with Crippen molar-refractivity contribution in [2.24, 2.45) is 0 Å². The highest BCUT2D eigenvalue weighted by molar-refractivity contribution is 6.13. The minimum atomic E-state index is -5.13. The zero-order valence-corrected chi connectivity index (χ0v) is 18.0. The van der Waals surface area contributed by atoms with Gasteiger partial charge < -0.3 is 14.9 Å². The van der Waals surface area contributed by atoms with Crippen molar-refractivity contribution in [2.75, 3.05) is 5.32 Å². The van der Waals surface area contributed by atoms with E-state index in [4.69, 9.17) is 9.78 Å². The molecule has 37 heavy (non-hydrogen) atoms. The Kier molecular flexibility index (Phi) is 6.12. The second kappa shape index (κ2) is 8.98. The molecule has 0 radical (unpaired) electrons. The van der Waals surface area contributed by atoms with Crippen LogP contribution in [0.25, 0.3) is 22.1 Å². The molecule has 13 heteroatoms. The summed E-state index contributed by atoms with van der Waals surface area (Å²) in [5, 5.41) is 23.5. The predicted molar refractivity (Wildman–Crippen MR) is 116 cm³/mol. The lowest BCUT2D eigenvalue weighted by Crippen LogP contribution is -2.16. The molecule has 0 atom stereocenters. The first kappa shape index (κ1) is 25.2. The number of nitrogens with one attached hydrogen (secondary N) is 1. The first-order valence-electron chi connectivity index (χ1n) is 10.1. The number of carboxylic acid groups (broad SMARTS) is 1. The summed E-state index contributed by atoms with van der Waals surface area (Å²) < 4.78 is 87.4. The van der Waals surface area contributed by atoms with Gasteiger partial charge in [0.2, 0.25) is 0 Å². The number of carbonyl (C=O) groups excluding carboxylic acids is 1. The van der Waals surface area contributed by atoms with E-state index in [-0.39, 0.29) is 11.3 Å². The Morgan fingerprint density at radius 1 is 0.919 bits per heavy atom. The number of nitrogens with zero attached hydrogens (tertiary/aromatic N) is 2. The van der Waals surface area contributed by atoms with Crippen molar-refractivity contribution in [2.45, 2.75) is 12.4 Å². The molecule has 4 rings (SSSR count). The lowest BCUT2D eigenvalue weighted by atomic mass is 9.93. The van der Waals surface area contributed by atoms with E-state index in [0.29, 0.717) is 18.2 Å². The number of hydrogen-bond acceptors (Lipinski definition) is 5. The van der Waals surface area contributed by atoms with Crippen molar-refractivity contribution < 1.29 is 45.6 Å². The van der Waals surface area contributed by atoms with E-state index >= 15 is 0 Å². The van der Waals surface area contributed by atoms with Gasteiger partial charge in [-0.1, -0.05) is 23.4 Å². The van der Waals surface area contributed by atoms with Crippen LogP contribution in [0.15, 0.2) is 59.1 Å². The van der Waals surface area contributed by atoms with E-state index in [9.17, 15) is 41.0 Å². The summed E-state index contributed by atoms with van der Waals surface area (Å²) in [6, 6.07) is 9.85. The molecule has 0 fully saturated rings. The molecule has 188 valence electrons. The molecule has 2 N–H and O–H groups in total. The lowest BCUT2D eigenvalue weighted by Gasteiger charge is -2.17. The van der Waals surface area contributed by atoms with E-state index in [1.807, 2.05) is 0 Å². The number of alkyl halides is 6. The normalized spacial score (nSPS) is 11.8. The van der Waals surface area contributed by atoms with Gasteiger partial charge in [-0.25, -0.2) is 4.79 Å². The Morgan fingerprint density at radius 3 is 2.22 bits per heavy atom. The van der Waals surface area contributed by atoms with Gasteiger partial charge in [-0.15, -0.1) is 0 Å². The predicted octanol–water partition coefficient (Wildman–Crippen LogP) is 6.35. The maximum atomic E-state index is 14.0. The van der Waals surface area contributed by atoms with Gasteiger partial charge in [-0.3, -0.25) is 4.79 Å². The molecule has 0 aliphatic carbocycles. The van der Waals surface area contributed by atoms with Crippen LogP contribution in [0.5, 0.6) is 0 Å². The molecule has 0 spiro atoms. The molecule has 0 aliphatic heterocycles. The summed E-state index contributed by atoms with van der Waals surface area (Å²) in [6.07, 6.45) is -10.1. The topological polar surface area (TPSA) is 116 Å². The monoisotopic (exact) mass is 519 g/mol. The molecule has 0 saturated carbocycles. The number of carbonyl (C=O) groups is 2. The zero-order chi connectivity index (χ0) is 27.1. The van der Waals surface area contributed by atoms with E-state index in [0.717, 1.165) is 30.3 Å². The number of halogens is 6. The first-order chi connectivity index (χ1) is 17.3. The molecular formula is C24H11F6N3O4. The summed E-state index contributed by atoms with van der Waals surface area (Å²) in [7, 11) is 0. The van der Waals surface area contributed by atoms with Crippen LogP contribution in [0.4, 0.5) is 32.0 Å². The third-order valence-electron chi connectivity index (χ3n) is 5.28. The highest BCUT2D eigenvalue weighted by Gasteiger charge is 2.39. The molecule has 1 amide bonds. The summed E-state index contributed by atoms with van der Waals surface area (Å²) in [6.45, 7) is 0. The van der Waals surface area contributed by atoms with Crippen LogP contribution in [0.3, 0.4) is 0 Å². The summed E-state index contributed by atoms with van der Waals surface area (Å²) in [5.74, 6) is -2.65. The number of anilines is 1. The van der Waals surface area contributed by atoms with E-state index < -0.39 is 68.7 Å². The number of nitriles is 1. The van der Waals surface area contributed by atoms with Crippen LogP contribution < -0.4 is 5.32 Å². The second-order valence-corrected chi connectivity index (χ2v) is 7.60. The Balaban J connectivity index is 1.85.